The van der Waals surface area contributed by atoms with Gasteiger partial charge < -0.3 is 14.8 Å². The molecule has 1 atom stereocenters. The van der Waals surface area contributed by atoms with Gasteiger partial charge in [0.05, 0.1) is 29.7 Å². The number of hydrogen-bond acceptors (Lipinski definition) is 6. The molecule has 39 heavy (non-hydrogen) atoms. The van der Waals surface area contributed by atoms with Gasteiger partial charge in [-0.2, -0.15) is 4.31 Å². The number of rotatable bonds is 10. The smallest absolute Gasteiger partial charge is 0.243 e. The van der Waals surface area contributed by atoms with Gasteiger partial charge in [0.25, 0.3) is 0 Å². The highest BCUT2D eigenvalue weighted by molar-refractivity contribution is 7.89. The van der Waals surface area contributed by atoms with Gasteiger partial charge in [0, 0.05) is 32.2 Å². The zero-order valence-electron chi connectivity index (χ0n) is 22.6. The van der Waals surface area contributed by atoms with Gasteiger partial charge >= 0.3 is 0 Å². The first-order valence-electron chi connectivity index (χ1n) is 13.4. The van der Waals surface area contributed by atoms with Crippen molar-refractivity contribution in [3.63, 3.8) is 0 Å². The Labute approximate surface area is 231 Å². The quantitative estimate of drug-likeness (QED) is 0.363. The minimum Gasteiger partial charge on any atom is -0.496 e. The third-order valence-electron chi connectivity index (χ3n) is 7.86. The van der Waals surface area contributed by atoms with E-state index in [1.807, 2.05) is 37.3 Å². The van der Waals surface area contributed by atoms with Gasteiger partial charge in [0.1, 0.15) is 11.6 Å². The summed E-state index contributed by atoms with van der Waals surface area (Å²) < 4.78 is 38.7. The van der Waals surface area contributed by atoms with Gasteiger partial charge in [-0.15, -0.1) is 0 Å². The highest BCUT2D eigenvalue weighted by Gasteiger charge is 2.51. The van der Waals surface area contributed by atoms with Gasteiger partial charge in [0.2, 0.25) is 15.9 Å². The van der Waals surface area contributed by atoms with E-state index in [1.165, 1.54) is 0 Å². The third kappa shape index (κ3) is 5.31. The lowest BCUT2D eigenvalue weighted by atomic mass is 9.93. The van der Waals surface area contributed by atoms with Gasteiger partial charge in [0.15, 0.2) is 0 Å². The van der Waals surface area contributed by atoms with E-state index in [2.05, 4.69) is 10.3 Å². The number of pyridine rings is 1. The minimum atomic E-state index is -3.53. The molecule has 0 bridgehead atoms. The van der Waals surface area contributed by atoms with E-state index in [-0.39, 0.29) is 13.4 Å². The third-order valence-corrected chi connectivity index (χ3v) is 9.83. The lowest BCUT2D eigenvalue weighted by Gasteiger charge is -2.23. The minimum absolute atomic E-state index is 0. The Balaban J connectivity index is 0.00000370. The molecule has 0 unspecified atom stereocenters. The topological polar surface area (TPSA) is 97.8 Å². The van der Waals surface area contributed by atoms with Crippen LogP contribution in [0.4, 0.5) is 5.82 Å². The molecule has 0 spiro atoms. The van der Waals surface area contributed by atoms with Crippen molar-refractivity contribution >= 4 is 21.7 Å². The number of anilines is 1. The van der Waals surface area contributed by atoms with Crippen molar-refractivity contribution in [2.45, 2.75) is 62.0 Å². The predicted molar refractivity (Wildman–Crippen MR) is 152 cm³/mol. The molecule has 2 fully saturated rings. The Morgan fingerprint density at radius 3 is 2.56 bits per heavy atom. The number of aromatic nitrogens is 1. The van der Waals surface area contributed by atoms with E-state index in [0.717, 1.165) is 54.5 Å². The lowest BCUT2D eigenvalue weighted by molar-refractivity contribution is -0.118. The van der Waals surface area contributed by atoms with E-state index in [4.69, 9.17) is 9.47 Å². The molecule has 1 aliphatic heterocycles. The number of benzene rings is 2. The number of nitrogens with zero attached hydrogens (tertiary/aromatic N) is 2. The summed E-state index contributed by atoms with van der Waals surface area (Å²) in [6.07, 6.45) is 4.12. The van der Waals surface area contributed by atoms with E-state index in [1.54, 1.807) is 48.9 Å². The van der Waals surface area contributed by atoms with Crippen molar-refractivity contribution in [1.82, 2.24) is 9.29 Å². The fourth-order valence-corrected chi connectivity index (χ4v) is 7.25. The van der Waals surface area contributed by atoms with Crippen LogP contribution in [0.1, 0.15) is 51.6 Å². The average molecular weight is 552 g/mol. The SMILES string of the molecule is CC[C@H]1CCCN1S(=O)(=O)c1ccc(-c2cccc(NC(=O)C3(c4ccc(OC)c(COC)c4)CC3)n2)cc1.[HH]. The van der Waals surface area contributed by atoms with Crippen LogP contribution in [-0.4, -0.2) is 50.4 Å². The highest BCUT2D eigenvalue weighted by atomic mass is 32.2. The molecule has 9 heteroatoms. The maximum Gasteiger partial charge on any atom is 0.243 e. The van der Waals surface area contributed by atoms with E-state index >= 15 is 0 Å². The second kappa shape index (κ2) is 11.1. The van der Waals surface area contributed by atoms with Crippen LogP contribution >= 0.6 is 0 Å². The number of ether oxygens (including phenoxy) is 2. The van der Waals surface area contributed by atoms with Crippen molar-refractivity contribution in [2.75, 3.05) is 26.1 Å². The van der Waals surface area contributed by atoms with E-state index < -0.39 is 15.4 Å². The molecule has 2 aliphatic rings. The molecule has 5 rings (SSSR count). The summed E-state index contributed by atoms with van der Waals surface area (Å²) in [5, 5.41) is 3.00. The van der Waals surface area contributed by atoms with E-state index in [0.29, 0.717) is 29.6 Å². The number of carbonyl (C=O) groups excluding carboxylic acids is 1. The van der Waals surface area contributed by atoms with Gasteiger partial charge in [-0.3, -0.25) is 4.79 Å². The summed E-state index contributed by atoms with van der Waals surface area (Å²) in [6.45, 7) is 2.99. The first kappa shape index (κ1) is 27.3. The van der Waals surface area contributed by atoms with Crippen LogP contribution in [0, 0.1) is 0 Å². The molecule has 1 aliphatic carbocycles. The van der Waals surface area contributed by atoms with Crippen LogP contribution in [0.3, 0.4) is 0 Å². The molecule has 1 saturated carbocycles. The second-order valence-electron chi connectivity index (χ2n) is 10.2. The van der Waals surface area contributed by atoms with Crippen LogP contribution in [-0.2, 0) is 31.6 Å². The molecule has 2 aromatic carbocycles. The maximum absolute atomic E-state index is 13.4. The number of nitrogens with one attached hydrogen (secondary N) is 1. The Bertz CT molecular complexity index is 1460. The number of hydrogen-bond donors (Lipinski definition) is 1. The van der Waals surface area contributed by atoms with Crippen LogP contribution in [0.2, 0.25) is 0 Å². The molecule has 1 N–H and O–H groups in total. The summed E-state index contributed by atoms with van der Waals surface area (Å²) in [7, 11) is -0.280. The monoisotopic (exact) mass is 551 g/mol. The summed E-state index contributed by atoms with van der Waals surface area (Å²) in [4.78, 5) is 18.4. The predicted octanol–water partition coefficient (Wildman–Crippen LogP) is 5.38. The molecule has 1 amide bonds. The first-order valence-corrected chi connectivity index (χ1v) is 14.8. The fraction of sp³-hybridized carbons (Fsp3) is 0.400. The number of methoxy groups -OCH3 is 2. The average Bonchev–Trinajstić information content (AvgIpc) is 3.62. The highest BCUT2D eigenvalue weighted by Crippen LogP contribution is 2.49. The normalized spacial score (nSPS) is 18.6. The van der Waals surface area contributed by atoms with Crippen LogP contribution < -0.4 is 10.1 Å². The zero-order valence-corrected chi connectivity index (χ0v) is 23.5. The molecule has 0 radical (unpaired) electrons. The van der Waals surface area contributed by atoms with Crippen molar-refractivity contribution in [3.8, 4) is 17.0 Å². The summed E-state index contributed by atoms with van der Waals surface area (Å²) in [5.74, 6) is 1.09. The molecule has 3 aromatic rings. The molecular formula is C30H37N3O5S. The zero-order chi connectivity index (χ0) is 27.6. The van der Waals surface area contributed by atoms with Crippen molar-refractivity contribution in [1.29, 1.82) is 0 Å². The van der Waals surface area contributed by atoms with Crippen molar-refractivity contribution in [2.24, 2.45) is 0 Å². The van der Waals surface area contributed by atoms with Crippen molar-refractivity contribution < 1.29 is 24.1 Å². The largest absolute Gasteiger partial charge is 0.496 e. The van der Waals surface area contributed by atoms with Crippen molar-refractivity contribution in [3.05, 3.63) is 71.8 Å². The Morgan fingerprint density at radius 2 is 1.90 bits per heavy atom. The maximum atomic E-state index is 13.4. The molecule has 208 valence electrons. The summed E-state index contributed by atoms with van der Waals surface area (Å²) >= 11 is 0. The lowest BCUT2D eigenvalue weighted by Crippen LogP contribution is -2.35. The van der Waals surface area contributed by atoms with Crippen LogP contribution in [0.15, 0.2) is 65.6 Å². The molecular weight excluding hydrogens is 514 g/mol. The molecule has 2 heterocycles. The number of carbonyl (C=O) groups is 1. The Kier molecular flexibility index (Phi) is 7.75. The van der Waals surface area contributed by atoms with Gasteiger partial charge in [-0.25, -0.2) is 13.4 Å². The fourth-order valence-electron chi connectivity index (χ4n) is 5.48. The number of amides is 1. The second-order valence-corrected chi connectivity index (χ2v) is 12.1. The molecule has 8 nitrogen and oxygen atoms in total. The van der Waals surface area contributed by atoms with Gasteiger partial charge in [-0.1, -0.05) is 31.2 Å². The Morgan fingerprint density at radius 1 is 1.13 bits per heavy atom. The summed E-state index contributed by atoms with van der Waals surface area (Å²) in [6, 6.07) is 18.1. The molecule has 1 saturated heterocycles. The Hall–Kier alpha value is -3.27. The molecule has 1 aromatic heterocycles. The summed E-state index contributed by atoms with van der Waals surface area (Å²) in [5.41, 5.74) is 2.66. The first-order chi connectivity index (χ1) is 18.8. The van der Waals surface area contributed by atoms with Crippen LogP contribution in [0.5, 0.6) is 5.75 Å². The standard InChI is InChI=1S/C30H35N3O5S.H2/c1-4-24-7-6-18-33(24)39(35,36)25-13-10-21(11-14-25)26-8-5-9-28(31-26)32-29(34)30(16-17-30)23-12-15-27(38-3)22(19-23)20-37-2;/h5,8-15,19,24H,4,6-7,16-18,20H2,1-3H3,(H,31,32,34);1H/t24-;/m0./s1. The van der Waals surface area contributed by atoms with Crippen LogP contribution in [0.25, 0.3) is 11.3 Å². The van der Waals surface area contributed by atoms with Gasteiger partial charge in [-0.05, 0) is 74.1 Å². The van der Waals surface area contributed by atoms with E-state index in [9.17, 15) is 13.2 Å². The number of sulfonamides is 1.